The van der Waals surface area contributed by atoms with Gasteiger partial charge in [-0.1, -0.05) is 26.2 Å². The van der Waals surface area contributed by atoms with Gasteiger partial charge in [-0.2, -0.15) is 4.98 Å². The highest BCUT2D eigenvalue weighted by atomic mass is 32.2. The van der Waals surface area contributed by atoms with E-state index in [4.69, 9.17) is 4.74 Å². The highest BCUT2D eigenvalue weighted by Gasteiger charge is 2.40. The van der Waals surface area contributed by atoms with Crippen molar-refractivity contribution in [2.24, 2.45) is 0 Å². The number of carbonyl (C=O) groups excluding carboxylic acids is 1. The Morgan fingerprint density at radius 3 is 2.53 bits per heavy atom. The van der Waals surface area contributed by atoms with Crippen LogP contribution in [-0.4, -0.2) is 66.1 Å². The number of nitrogens with zero attached hydrogens (tertiary/aromatic N) is 4. The molecular weight excluding hydrogens is 406 g/mol. The van der Waals surface area contributed by atoms with E-state index < -0.39 is 16.1 Å². The van der Waals surface area contributed by atoms with E-state index in [9.17, 15) is 13.2 Å². The van der Waals surface area contributed by atoms with E-state index in [1.807, 2.05) is 11.8 Å². The molecule has 1 saturated carbocycles. The Morgan fingerprint density at radius 2 is 1.90 bits per heavy atom. The molecule has 1 atom stereocenters. The fourth-order valence-electron chi connectivity index (χ4n) is 4.62. The summed E-state index contributed by atoms with van der Waals surface area (Å²) in [5.41, 5.74) is 0. The lowest BCUT2D eigenvalue weighted by Crippen LogP contribution is -2.50. The van der Waals surface area contributed by atoms with Crippen molar-refractivity contribution >= 4 is 27.7 Å². The second-order valence-corrected chi connectivity index (χ2v) is 10.5. The molecule has 1 aromatic rings. The van der Waals surface area contributed by atoms with Gasteiger partial charge in [-0.3, -0.25) is 9.69 Å². The van der Waals surface area contributed by atoms with Crippen molar-refractivity contribution in [2.75, 3.05) is 29.6 Å². The number of ether oxygens (including phenoxy) is 1. The average Bonchev–Trinajstić information content (AvgIpc) is 3.23. The van der Waals surface area contributed by atoms with Gasteiger partial charge in [0.05, 0.1) is 12.5 Å². The van der Waals surface area contributed by atoms with Crippen LogP contribution in [0.3, 0.4) is 0 Å². The number of aromatic nitrogens is 2. The van der Waals surface area contributed by atoms with Crippen LogP contribution >= 0.6 is 0 Å². The quantitative estimate of drug-likeness (QED) is 0.727. The molecular formula is C20H31N5O4S. The normalized spacial score (nSPS) is 24.0. The molecule has 2 aliphatic heterocycles. The van der Waals surface area contributed by atoms with Crippen LogP contribution in [0.25, 0.3) is 0 Å². The first-order valence-electron chi connectivity index (χ1n) is 10.9. The monoisotopic (exact) mass is 437 g/mol. The molecule has 10 heteroatoms. The molecule has 1 saturated heterocycles. The average molecular weight is 438 g/mol. The van der Waals surface area contributed by atoms with Crippen molar-refractivity contribution < 1.29 is 17.9 Å². The van der Waals surface area contributed by atoms with E-state index in [-0.39, 0.29) is 18.0 Å². The number of nitrogens with one attached hydrogen (secondary N) is 1. The summed E-state index contributed by atoms with van der Waals surface area (Å²) in [5.74, 6) is 1.59. The van der Waals surface area contributed by atoms with Crippen molar-refractivity contribution in [1.82, 2.24) is 14.3 Å². The number of rotatable bonds is 6. The minimum atomic E-state index is -3.15. The fraction of sp³-hybridized carbons (Fsp3) is 0.750. The largest absolute Gasteiger partial charge is 0.475 e. The van der Waals surface area contributed by atoms with Gasteiger partial charge >= 0.3 is 0 Å². The minimum Gasteiger partial charge on any atom is -0.475 e. The molecule has 2 fully saturated rings. The zero-order valence-corrected chi connectivity index (χ0v) is 18.5. The Balaban J connectivity index is 1.52. The molecule has 4 rings (SSSR count). The summed E-state index contributed by atoms with van der Waals surface area (Å²) in [5, 5.41) is 3.33. The molecule has 3 heterocycles. The Bertz CT molecular complexity index is 879. The summed E-state index contributed by atoms with van der Waals surface area (Å²) >= 11 is 0. The van der Waals surface area contributed by atoms with Crippen molar-refractivity contribution in [3.8, 4) is 5.75 Å². The third kappa shape index (κ3) is 4.39. The number of piperidine rings is 1. The molecule has 0 aromatic carbocycles. The number of carbonyl (C=O) groups is 1. The van der Waals surface area contributed by atoms with Gasteiger partial charge < -0.3 is 10.1 Å². The summed E-state index contributed by atoms with van der Waals surface area (Å²) in [7, 11) is -3.15. The second-order valence-electron chi connectivity index (χ2n) is 8.50. The molecule has 30 heavy (non-hydrogen) atoms. The standard InChI is InChI=1S/C20H31N5O4S/c1-3-6-16-19(26)25(15-7-4-5-8-15)18-17(29-16)13-21-20(23-18)22-14-9-11-24(12-10-14)30(2,27)28/h13-16H,3-12H2,1-2H3,(H,21,22,23). The summed E-state index contributed by atoms with van der Waals surface area (Å²) in [6, 6.07) is 0.259. The molecule has 1 unspecified atom stereocenters. The summed E-state index contributed by atoms with van der Waals surface area (Å²) in [4.78, 5) is 24.1. The van der Waals surface area contributed by atoms with E-state index in [0.717, 1.165) is 32.1 Å². The van der Waals surface area contributed by atoms with Gasteiger partial charge in [0.2, 0.25) is 16.0 Å². The van der Waals surface area contributed by atoms with Crippen LogP contribution in [0.2, 0.25) is 0 Å². The van der Waals surface area contributed by atoms with Crippen LogP contribution in [0.1, 0.15) is 58.3 Å². The zero-order chi connectivity index (χ0) is 21.3. The van der Waals surface area contributed by atoms with E-state index in [1.165, 1.54) is 10.6 Å². The lowest BCUT2D eigenvalue weighted by Gasteiger charge is -2.37. The molecule has 9 nitrogen and oxygen atoms in total. The van der Waals surface area contributed by atoms with Gasteiger partial charge in [-0.25, -0.2) is 17.7 Å². The van der Waals surface area contributed by atoms with Crippen LogP contribution < -0.4 is 15.0 Å². The first-order valence-corrected chi connectivity index (χ1v) is 12.8. The Kier molecular flexibility index (Phi) is 6.15. The lowest BCUT2D eigenvalue weighted by atomic mass is 10.1. The van der Waals surface area contributed by atoms with E-state index >= 15 is 0 Å². The van der Waals surface area contributed by atoms with Gasteiger partial charge in [0.1, 0.15) is 0 Å². The van der Waals surface area contributed by atoms with E-state index in [2.05, 4.69) is 15.3 Å². The lowest BCUT2D eigenvalue weighted by molar-refractivity contribution is -0.127. The highest BCUT2D eigenvalue weighted by molar-refractivity contribution is 7.88. The van der Waals surface area contributed by atoms with Crippen LogP contribution in [0.15, 0.2) is 6.20 Å². The Hall–Kier alpha value is -1.94. The van der Waals surface area contributed by atoms with Gasteiger partial charge in [-0.05, 0) is 32.1 Å². The van der Waals surface area contributed by atoms with Crippen LogP contribution in [0, 0.1) is 0 Å². The third-order valence-corrected chi connectivity index (χ3v) is 7.55. The summed E-state index contributed by atoms with van der Waals surface area (Å²) < 4.78 is 30.9. The molecule has 166 valence electrons. The molecule has 1 N–H and O–H groups in total. The van der Waals surface area contributed by atoms with Crippen molar-refractivity contribution in [3.05, 3.63) is 6.20 Å². The predicted molar refractivity (Wildman–Crippen MR) is 114 cm³/mol. The SMILES string of the molecule is CCCC1Oc2cnc(NC3CCN(S(C)(=O)=O)CC3)nc2N(C2CCCC2)C1=O. The number of anilines is 2. The maximum atomic E-state index is 13.2. The molecule has 1 amide bonds. The first kappa shape index (κ1) is 21.3. The minimum absolute atomic E-state index is 0.00219. The maximum Gasteiger partial charge on any atom is 0.269 e. The fourth-order valence-corrected chi connectivity index (χ4v) is 5.50. The number of hydrogen-bond acceptors (Lipinski definition) is 7. The van der Waals surface area contributed by atoms with Gasteiger partial charge in [0, 0.05) is 25.2 Å². The van der Waals surface area contributed by atoms with Crippen molar-refractivity contribution in [2.45, 2.75) is 76.5 Å². The van der Waals surface area contributed by atoms with E-state index in [1.54, 1.807) is 6.20 Å². The highest BCUT2D eigenvalue weighted by Crippen LogP contribution is 2.38. The first-order chi connectivity index (χ1) is 14.4. The summed E-state index contributed by atoms with van der Waals surface area (Å²) in [6.45, 7) is 3.01. The molecule has 0 radical (unpaired) electrons. The molecule has 1 aromatic heterocycles. The van der Waals surface area contributed by atoms with E-state index in [0.29, 0.717) is 49.9 Å². The van der Waals surface area contributed by atoms with Gasteiger partial charge in [-0.15, -0.1) is 0 Å². The van der Waals surface area contributed by atoms with Crippen LogP contribution in [-0.2, 0) is 14.8 Å². The van der Waals surface area contributed by atoms with Gasteiger partial charge in [0.15, 0.2) is 17.7 Å². The second kappa shape index (κ2) is 8.66. The maximum absolute atomic E-state index is 13.2. The van der Waals surface area contributed by atoms with Crippen molar-refractivity contribution in [3.63, 3.8) is 0 Å². The molecule has 0 spiro atoms. The molecule has 1 aliphatic carbocycles. The Morgan fingerprint density at radius 1 is 1.20 bits per heavy atom. The van der Waals surface area contributed by atoms with Crippen LogP contribution in [0.5, 0.6) is 5.75 Å². The summed E-state index contributed by atoms with van der Waals surface area (Å²) in [6.07, 6.45) is 9.59. The van der Waals surface area contributed by atoms with Gasteiger partial charge in [0.25, 0.3) is 5.91 Å². The van der Waals surface area contributed by atoms with Crippen LogP contribution in [0.4, 0.5) is 11.8 Å². The van der Waals surface area contributed by atoms with Crippen molar-refractivity contribution in [1.29, 1.82) is 0 Å². The molecule has 3 aliphatic rings. The number of hydrogen-bond donors (Lipinski definition) is 1. The predicted octanol–water partition coefficient (Wildman–Crippen LogP) is 2.15. The molecule has 0 bridgehead atoms. The number of amides is 1. The Labute approximate surface area is 178 Å². The topological polar surface area (TPSA) is 105 Å². The zero-order valence-electron chi connectivity index (χ0n) is 17.7. The third-order valence-electron chi connectivity index (χ3n) is 6.24. The smallest absolute Gasteiger partial charge is 0.269 e. The number of sulfonamides is 1. The number of fused-ring (bicyclic) bond motifs is 1.